The molecule has 0 heterocycles. The number of nitriles is 1. The molecule has 0 saturated carbocycles. The number of ether oxygens (including phenoxy) is 1. The molecule has 0 bridgehead atoms. The number of carbonyl (C=O) groups excluding carboxylic acids is 1. The normalized spacial score (nSPS) is 11.3. The Bertz CT molecular complexity index is 680. The number of anilines is 1. The number of methoxy groups -OCH3 is 1. The molecule has 21 heavy (non-hydrogen) atoms. The Kier molecular flexibility index (Phi) is 4.81. The number of halogens is 1. The van der Waals surface area contributed by atoms with Crippen LogP contribution in [-0.2, 0) is 4.79 Å². The third-order valence-electron chi connectivity index (χ3n) is 2.94. The molecule has 0 fully saturated rings. The topological polar surface area (TPSA) is 62.1 Å². The molecule has 0 spiro atoms. The Morgan fingerprint density at radius 1 is 1.24 bits per heavy atom. The van der Waals surface area contributed by atoms with E-state index < -0.39 is 11.3 Å². The van der Waals surface area contributed by atoms with Gasteiger partial charge in [-0.15, -0.1) is 11.6 Å². The molecule has 0 radical (unpaired) electrons. The maximum Gasteiger partial charge on any atom is 0.247 e. The minimum atomic E-state index is -0.845. The highest BCUT2D eigenvalue weighted by atomic mass is 35.5. The van der Waals surface area contributed by atoms with Crippen LogP contribution in [-0.4, -0.2) is 13.0 Å². The van der Waals surface area contributed by atoms with Crippen LogP contribution in [0.2, 0.25) is 0 Å². The van der Waals surface area contributed by atoms with Gasteiger partial charge in [-0.25, -0.2) is 0 Å². The van der Waals surface area contributed by atoms with Crippen LogP contribution in [0.25, 0.3) is 0 Å². The van der Waals surface area contributed by atoms with Crippen molar-refractivity contribution >= 4 is 23.2 Å². The fourth-order valence-corrected chi connectivity index (χ4v) is 2.08. The zero-order valence-electron chi connectivity index (χ0n) is 11.3. The summed E-state index contributed by atoms with van der Waals surface area (Å²) in [6, 6.07) is 16.0. The molecule has 1 amide bonds. The fraction of sp³-hybridized carbons (Fsp3) is 0.125. The first-order valence-electron chi connectivity index (χ1n) is 6.24. The number of nitrogens with zero attached hydrogens (tertiary/aromatic N) is 1. The highest BCUT2D eigenvalue weighted by Crippen LogP contribution is 2.30. The van der Waals surface area contributed by atoms with E-state index in [9.17, 15) is 4.79 Å². The standard InChI is InChI=1S/C16H13ClN2O2/c1-21-13-9-5-8-12(10-18)15(13)19-16(20)14(17)11-6-3-2-4-7-11/h2-9,14H,1H3,(H,19,20). The van der Waals surface area contributed by atoms with E-state index in [1.807, 2.05) is 24.3 Å². The second-order valence-electron chi connectivity index (χ2n) is 4.26. The van der Waals surface area contributed by atoms with Gasteiger partial charge in [0, 0.05) is 0 Å². The molecule has 2 aromatic carbocycles. The van der Waals surface area contributed by atoms with E-state index in [0.717, 1.165) is 0 Å². The average molecular weight is 301 g/mol. The highest BCUT2D eigenvalue weighted by Gasteiger charge is 2.20. The minimum Gasteiger partial charge on any atom is -0.495 e. The van der Waals surface area contributed by atoms with Crippen molar-refractivity contribution in [2.75, 3.05) is 12.4 Å². The van der Waals surface area contributed by atoms with Crippen LogP contribution in [0, 0.1) is 11.3 Å². The predicted octanol–water partition coefficient (Wildman–Crippen LogP) is 3.49. The maximum absolute atomic E-state index is 12.2. The van der Waals surface area contributed by atoms with E-state index in [4.69, 9.17) is 21.6 Å². The van der Waals surface area contributed by atoms with Crippen molar-refractivity contribution in [2.45, 2.75) is 5.38 Å². The van der Waals surface area contributed by atoms with Gasteiger partial charge in [-0.3, -0.25) is 4.79 Å². The number of para-hydroxylation sites is 1. The number of alkyl halides is 1. The molecule has 0 aromatic heterocycles. The summed E-state index contributed by atoms with van der Waals surface area (Å²) in [5.41, 5.74) is 1.33. The van der Waals surface area contributed by atoms with Crippen LogP contribution >= 0.6 is 11.6 Å². The number of carbonyl (C=O) groups is 1. The third kappa shape index (κ3) is 3.33. The monoisotopic (exact) mass is 300 g/mol. The van der Waals surface area contributed by atoms with Gasteiger partial charge in [-0.05, 0) is 17.7 Å². The number of amides is 1. The van der Waals surface area contributed by atoms with Crippen molar-refractivity contribution in [1.29, 1.82) is 5.26 Å². The Morgan fingerprint density at radius 2 is 1.95 bits per heavy atom. The van der Waals surface area contributed by atoms with Crippen LogP contribution in [0.1, 0.15) is 16.5 Å². The van der Waals surface area contributed by atoms with E-state index >= 15 is 0 Å². The Morgan fingerprint density at radius 3 is 2.57 bits per heavy atom. The molecular weight excluding hydrogens is 288 g/mol. The number of hydrogen-bond acceptors (Lipinski definition) is 3. The van der Waals surface area contributed by atoms with Crippen LogP contribution in [0.4, 0.5) is 5.69 Å². The minimum absolute atomic E-state index is 0.319. The summed E-state index contributed by atoms with van der Waals surface area (Å²) in [6.07, 6.45) is 0. The van der Waals surface area contributed by atoms with Gasteiger partial charge in [0.15, 0.2) is 0 Å². The second kappa shape index (κ2) is 6.78. The van der Waals surface area contributed by atoms with Gasteiger partial charge in [-0.1, -0.05) is 36.4 Å². The molecule has 106 valence electrons. The van der Waals surface area contributed by atoms with Gasteiger partial charge in [0.1, 0.15) is 22.9 Å². The summed E-state index contributed by atoms with van der Waals surface area (Å²) in [7, 11) is 1.47. The van der Waals surface area contributed by atoms with Gasteiger partial charge in [0.05, 0.1) is 12.7 Å². The number of benzene rings is 2. The molecule has 1 atom stereocenters. The smallest absolute Gasteiger partial charge is 0.247 e. The molecule has 0 aliphatic rings. The zero-order valence-corrected chi connectivity index (χ0v) is 12.1. The predicted molar refractivity (Wildman–Crippen MR) is 81.4 cm³/mol. The number of rotatable bonds is 4. The van der Waals surface area contributed by atoms with Gasteiger partial charge >= 0.3 is 0 Å². The van der Waals surface area contributed by atoms with Crippen molar-refractivity contribution in [3.8, 4) is 11.8 Å². The summed E-state index contributed by atoms with van der Waals surface area (Å²) in [4.78, 5) is 12.2. The van der Waals surface area contributed by atoms with Crippen molar-refractivity contribution in [3.63, 3.8) is 0 Å². The van der Waals surface area contributed by atoms with Crippen molar-refractivity contribution < 1.29 is 9.53 Å². The molecular formula is C16H13ClN2O2. The quantitative estimate of drug-likeness (QED) is 0.879. The van der Waals surface area contributed by atoms with Crippen molar-refractivity contribution in [1.82, 2.24) is 0 Å². The molecule has 0 aliphatic heterocycles. The first kappa shape index (κ1) is 14.9. The first-order valence-corrected chi connectivity index (χ1v) is 6.68. The fourth-order valence-electron chi connectivity index (χ4n) is 1.88. The summed E-state index contributed by atoms with van der Waals surface area (Å²) >= 11 is 6.16. The molecule has 2 aromatic rings. The van der Waals surface area contributed by atoms with Crippen molar-refractivity contribution in [3.05, 3.63) is 59.7 Å². The molecule has 4 nitrogen and oxygen atoms in total. The molecule has 0 aliphatic carbocycles. The molecule has 1 N–H and O–H groups in total. The second-order valence-corrected chi connectivity index (χ2v) is 4.69. The summed E-state index contributed by atoms with van der Waals surface area (Å²) in [6.45, 7) is 0. The number of hydrogen-bond donors (Lipinski definition) is 1. The number of nitrogens with one attached hydrogen (secondary N) is 1. The third-order valence-corrected chi connectivity index (χ3v) is 3.39. The Balaban J connectivity index is 2.26. The summed E-state index contributed by atoms with van der Waals surface area (Å²) < 4.78 is 5.17. The lowest BCUT2D eigenvalue weighted by Gasteiger charge is -2.14. The summed E-state index contributed by atoms with van der Waals surface area (Å²) in [5, 5.41) is 10.9. The SMILES string of the molecule is COc1cccc(C#N)c1NC(=O)C(Cl)c1ccccc1. The van der Waals surface area contributed by atoms with Gasteiger partial charge < -0.3 is 10.1 Å². The molecule has 5 heteroatoms. The van der Waals surface area contributed by atoms with Crippen LogP contribution in [0.5, 0.6) is 5.75 Å². The van der Waals surface area contributed by atoms with E-state index in [2.05, 4.69) is 5.32 Å². The first-order chi connectivity index (χ1) is 10.2. The van der Waals surface area contributed by atoms with Gasteiger partial charge in [0.25, 0.3) is 0 Å². The van der Waals surface area contributed by atoms with Crippen LogP contribution in [0.15, 0.2) is 48.5 Å². The highest BCUT2D eigenvalue weighted by molar-refractivity contribution is 6.32. The van der Waals surface area contributed by atoms with E-state index in [1.54, 1.807) is 30.3 Å². The maximum atomic E-state index is 12.2. The van der Waals surface area contributed by atoms with E-state index in [1.165, 1.54) is 7.11 Å². The Labute approximate surface area is 127 Å². The van der Waals surface area contributed by atoms with Gasteiger partial charge in [0.2, 0.25) is 5.91 Å². The summed E-state index contributed by atoms with van der Waals surface area (Å²) in [5.74, 6) is 0.00296. The molecule has 2 rings (SSSR count). The van der Waals surface area contributed by atoms with Gasteiger partial charge in [-0.2, -0.15) is 5.26 Å². The van der Waals surface area contributed by atoms with Crippen molar-refractivity contribution in [2.24, 2.45) is 0 Å². The van der Waals surface area contributed by atoms with Crippen LogP contribution < -0.4 is 10.1 Å². The molecule has 1 unspecified atom stereocenters. The zero-order chi connectivity index (χ0) is 15.2. The lowest BCUT2D eigenvalue weighted by molar-refractivity contribution is -0.116. The lowest BCUT2D eigenvalue weighted by Crippen LogP contribution is -2.18. The average Bonchev–Trinajstić information content (AvgIpc) is 2.55. The lowest BCUT2D eigenvalue weighted by atomic mass is 10.1. The van der Waals surface area contributed by atoms with E-state index in [0.29, 0.717) is 22.6 Å². The Hall–Kier alpha value is -2.51. The largest absolute Gasteiger partial charge is 0.495 e. The van der Waals surface area contributed by atoms with E-state index in [-0.39, 0.29) is 0 Å². The van der Waals surface area contributed by atoms with Crippen LogP contribution in [0.3, 0.4) is 0 Å². The molecule has 0 saturated heterocycles.